The highest BCUT2D eigenvalue weighted by atomic mass is 16.3. The van der Waals surface area contributed by atoms with Crippen molar-refractivity contribution in [2.24, 2.45) is 0 Å². The number of benzene rings is 2. The van der Waals surface area contributed by atoms with Crippen LogP contribution < -0.4 is 0 Å². The number of amides is 2. The monoisotopic (exact) mass is 374 g/mol. The number of furan rings is 1. The molecule has 5 heteroatoms. The van der Waals surface area contributed by atoms with Crippen molar-refractivity contribution in [3.63, 3.8) is 0 Å². The van der Waals surface area contributed by atoms with E-state index in [2.05, 4.69) is 24.3 Å². The minimum Gasteiger partial charge on any atom is -0.459 e. The number of hydrogen-bond donors (Lipinski definition) is 0. The lowest BCUT2D eigenvalue weighted by Gasteiger charge is -2.34. The summed E-state index contributed by atoms with van der Waals surface area (Å²) >= 11 is 0. The van der Waals surface area contributed by atoms with Crippen molar-refractivity contribution in [1.82, 2.24) is 9.80 Å². The van der Waals surface area contributed by atoms with Gasteiger partial charge in [0.15, 0.2) is 5.76 Å². The lowest BCUT2D eigenvalue weighted by molar-refractivity contribution is -0.131. The summed E-state index contributed by atoms with van der Waals surface area (Å²) in [5, 5.41) is 0. The van der Waals surface area contributed by atoms with Gasteiger partial charge in [0.05, 0.1) is 12.7 Å². The van der Waals surface area contributed by atoms with Crippen LogP contribution in [0, 0.1) is 0 Å². The smallest absolute Gasteiger partial charge is 0.289 e. The highest BCUT2D eigenvalue weighted by molar-refractivity contribution is 5.91. The number of nitrogens with zero attached hydrogens (tertiary/aromatic N) is 2. The average molecular weight is 374 g/mol. The lowest BCUT2D eigenvalue weighted by atomic mass is 10.0. The minimum absolute atomic E-state index is 0.0950. The van der Waals surface area contributed by atoms with Crippen molar-refractivity contribution in [1.29, 1.82) is 0 Å². The zero-order valence-electron chi connectivity index (χ0n) is 15.6. The first kappa shape index (κ1) is 18.0. The summed E-state index contributed by atoms with van der Waals surface area (Å²) in [6.07, 6.45) is 1.87. The molecule has 4 rings (SSSR count). The molecule has 1 aliphatic heterocycles. The van der Waals surface area contributed by atoms with Gasteiger partial charge < -0.3 is 14.2 Å². The van der Waals surface area contributed by atoms with Gasteiger partial charge in [0.25, 0.3) is 5.91 Å². The Morgan fingerprint density at radius 1 is 0.750 bits per heavy atom. The Morgan fingerprint density at radius 2 is 1.39 bits per heavy atom. The van der Waals surface area contributed by atoms with Crippen LogP contribution in [0.5, 0.6) is 0 Å². The summed E-state index contributed by atoms with van der Waals surface area (Å²) in [4.78, 5) is 28.5. The van der Waals surface area contributed by atoms with Gasteiger partial charge in [-0.3, -0.25) is 9.59 Å². The molecular formula is C23H22N2O3. The van der Waals surface area contributed by atoms with E-state index in [0.717, 1.165) is 16.7 Å². The van der Waals surface area contributed by atoms with Gasteiger partial charge >= 0.3 is 0 Å². The summed E-state index contributed by atoms with van der Waals surface area (Å²) in [6, 6.07) is 21.7. The number of piperazine rings is 1. The molecular weight excluding hydrogens is 352 g/mol. The molecule has 5 nitrogen and oxygen atoms in total. The van der Waals surface area contributed by atoms with Crippen LogP contribution in [0.15, 0.2) is 77.4 Å². The normalized spacial score (nSPS) is 14.1. The Bertz CT molecular complexity index is 926. The van der Waals surface area contributed by atoms with Gasteiger partial charge in [-0.1, -0.05) is 54.6 Å². The molecule has 0 radical (unpaired) electrons. The molecule has 2 heterocycles. The van der Waals surface area contributed by atoms with E-state index in [-0.39, 0.29) is 11.8 Å². The molecule has 28 heavy (non-hydrogen) atoms. The molecule has 142 valence electrons. The number of carbonyl (C=O) groups excluding carboxylic acids is 2. The largest absolute Gasteiger partial charge is 0.459 e. The molecule has 1 fully saturated rings. The summed E-state index contributed by atoms with van der Waals surface area (Å²) in [6.45, 7) is 2.15. The van der Waals surface area contributed by atoms with E-state index in [1.54, 1.807) is 17.0 Å². The summed E-state index contributed by atoms with van der Waals surface area (Å²) in [5.41, 5.74) is 3.30. The zero-order valence-corrected chi connectivity index (χ0v) is 15.6. The Kier molecular flexibility index (Phi) is 5.24. The van der Waals surface area contributed by atoms with E-state index in [4.69, 9.17) is 4.42 Å². The van der Waals surface area contributed by atoms with Gasteiger partial charge in [0.2, 0.25) is 5.91 Å². The Balaban J connectivity index is 1.32. The molecule has 0 atom stereocenters. The highest BCUT2D eigenvalue weighted by Crippen LogP contribution is 2.20. The second-order valence-electron chi connectivity index (χ2n) is 6.89. The quantitative estimate of drug-likeness (QED) is 0.703. The second-order valence-corrected chi connectivity index (χ2v) is 6.89. The molecule has 1 saturated heterocycles. The maximum absolute atomic E-state index is 12.6. The van der Waals surface area contributed by atoms with Crippen molar-refractivity contribution in [3.8, 4) is 11.1 Å². The predicted molar refractivity (Wildman–Crippen MR) is 107 cm³/mol. The average Bonchev–Trinajstić information content (AvgIpc) is 3.29. The third-order valence-electron chi connectivity index (χ3n) is 5.07. The van der Waals surface area contributed by atoms with Crippen LogP contribution in [0.4, 0.5) is 0 Å². The first-order valence-corrected chi connectivity index (χ1v) is 9.45. The van der Waals surface area contributed by atoms with Gasteiger partial charge in [-0.05, 0) is 28.8 Å². The second kappa shape index (κ2) is 8.13. The van der Waals surface area contributed by atoms with Gasteiger partial charge in [-0.25, -0.2) is 0 Å². The van der Waals surface area contributed by atoms with E-state index < -0.39 is 0 Å². The van der Waals surface area contributed by atoms with E-state index >= 15 is 0 Å². The maximum atomic E-state index is 12.6. The first-order valence-electron chi connectivity index (χ1n) is 9.45. The fourth-order valence-electron chi connectivity index (χ4n) is 3.45. The first-order chi connectivity index (χ1) is 13.7. The van der Waals surface area contributed by atoms with E-state index in [1.165, 1.54) is 6.26 Å². The molecule has 0 spiro atoms. The van der Waals surface area contributed by atoms with Crippen LogP contribution >= 0.6 is 0 Å². The summed E-state index contributed by atoms with van der Waals surface area (Å²) in [5.74, 6) is 0.324. The molecule has 2 aromatic carbocycles. The van der Waals surface area contributed by atoms with Crippen molar-refractivity contribution < 1.29 is 14.0 Å². The molecule has 0 bridgehead atoms. The molecule has 0 aliphatic carbocycles. The predicted octanol–water partition coefficient (Wildman–Crippen LogP) is 3.47. The molecule has 0 saturated carbocycles. The van der Waals surface area contributed by atoms with Gasteiger partial charge in [0.1, 0.15) is 0 Å². The van der Waals surface area contributed by atoms with Crippen LogP contribution in [0.1, 0.15) is 16.1 Å². The zero-order chi connectivity index (χ0) is 19.3. The van der Waals surface area contributed by atoms with Crippen LogP contribution in [-0.2, 0) is 11.2 Å². The van der Waals surface area contributed by atoms with Crippen LogP contribution in [0.3, 0.4) is 0 Å². The Morgan fingerprint density at radius 3 is 2.04 bits per heavy atom. The molecule has 1 aliphatic rings. The van der Waals surface area contributed by atoms with Gasteiger partial charge in [0, 0.05) is 26.2 Å². The van der Waals surface area contributed by atoms with Crippen LogP contribution in [0.25, 0.3) is 11.1 Å². The third-order valence-corrected chi connectivity index (χ3v) is 5.07. The van der Waals surface area contributed by atoms with Crippen molar-refractivity contribution in [3.05, 3.63) is 84.3 Å². The van der Waals surface area contributed by atoms with Gasteiger partial charge in [-0.2, -0.15) is 0 Å². The van der Waals surface area contributed by atoms with E-state index in [1.807, 2.05) is 35.2 Å². The van der Waals surface area contributed by atoms with Crippen molar-refractivity contribution in [2.45, 2.75) is 6.42 Å². The highest BCUT2D eigenvalue weighted by Gasteiger charge is 2.25. The lowest BCUT2D eigenvalue weighted by Crippen LogP contribution is -2.50. The fourth-order valence-corrected chi connectivity index (χ4v) is 3.45. The molecule has 0 unspecified atom stereocenters. The van der Waals surface area contributed by atoms with E-state index in [0.29, 0.717) is 38.4 Å². The molecule has 3 aromatic rings. The third kappa shape index (κ3) is 3.98. The molecule has 1 aromatic heterocycles. The van der Waals surface area contributed by atoms with Crippen LogP contribution in [0.2, 0.25) is 0 Å². The minimum atomic E-state index is -0.117. The number of carbonyl (C=O) groups is 2. The van der Waals surface area contributed by atoms with E-state index in [9.17, 15) is 9.59 Å². The SMILES string of the molecule is O=C(Cc1ccc(-c2ccccc2)cc1)N1CCN(C(=O)c2ccco2)CC1. The van der Waals surface area contributed by atoms with Crippen molar-refractivity contribution >= 4 is 11.8 Å². The van der Waals surface area contributed by atoms with Crippen molar-refractivity contribution in [2.75, 3.05) is 26.2 Å². The summed E-state index contributed by atoms with van der Waals surface area (Å²) < 4.78 is 5.17. The maximum Gasteiger partial charge on any atom is 0.289 e. The standard InChI is InChI=1S/C23H22N2O3/c26-22(17-18-8-10-20(11-9-18)19-5-2-1-3-6-19)24-12-14-25(15-13-24)23(27)21-7-4-16-28-21/h1-11,16H,12-15,17H2. The fraction of sp³-hybridized carbons (Fsp3) is 0.217. The number of rotatable bonds is 4. The molecule has 2 amide bonds. The van der Waals surface area contributed by atoms with Gasteiger partial charge in [-0.15, -0.1) is 0 Å². The van der Waals surface area contributed by atoms with Crippen LogP contribution in [-0.4, -0.2) is 47.8 Å². The number of hydrogen-bond acceptors (Lipinski definition) is 3. The Hall–Kier alpha value is -3.34. The Labute approximate surface area is 164 Å². The topological polar surface area (TPSA) is 53.8 Å². The summed E-state index contributed by atoms with van der Waals surface area (Å²) in [7, 11) is 0. The molecule has 0 N–H and O–H groups in total.